The van der Waals surface area contributed by atoms with Gasteiger partial charge in [-0.2, -0.15) is 5.26 Å². The number of benzene rings is 2. The van der Waals surface area contributed by atoms with Gasteiger partial charge in [-0.1, -0.05) is 6.07 Å². The lowest BCUT2D eigenvalue weighted by molar-refractivity contribution is 0.355. The summed E-state index contributed by atoms with van der Waals surface area (Å²) in [5.41, 5.74) is 4.47. The highest BCUT2D eigenvalue weighted by atomic mass is 16.5. The van der Waals surface area contributed by atoms with Crippen LogP contribution >= 0.6 is 0 Å². The molecule has 0 bridgehead atoms. The molecule has 0 spiro atoms. The molecule has 4 aromatic rings. The Labute approximate surface area is 178 Å². The third-order valence-electron chi connectivity index (χ3n) is 4.96. The average molecular weight is 412 g/mol. The van der Waals surface area contributed by atoms with Gasteiger partial charge in [-0.05, 0) is 48.4 Å². The van der Waals surface area contributed by atoms with Crippen LogP contribution in [0.15, 0.2) is 53.5 Å². The minimum atomic E-state index is -0.241. The number of H-pyrrole nitrogens is 1. The number of pyridine rings is 1. The molecule has 0 radical (unpaired) electrons. The monoisotopic (exact) mass is 412 g/mol. The molecule has 154 valence electrons. The number of fused-ring (bicyclic) bond motifs is 1. The largest absolute Gasteiger partial charge is 0.493 e. The van der Waals surface area contributed by atoms with Crippen LogP contribution < -0.4 is 15.0 Å². The highest BCUT2D eigenvalue weighted by molar-refractivity contribution is 5.81. The Morgan fingerprint density at radius 1 is 1.06 bits per heavy atom. The van der Waals surface area contributed by atoms with Crippen molar-refractivity contribution in [2.75, 3.05) is 14.2 Å². The standard InChI is InChI=1S/C24H20N4O3/c1-14-6-16(12-25)8-17(7-14)19-5-4-15(13-26-19)9-23-27-20-11-22(31-3)21(30-2)10-18(20)24(29)28-23/h4-8,10-11,13H,9H2,1-3H3,(H,27,28,29). The molecule has 0 amide bonds. The normalized spacial score (nSPS) is 10.6. The average Bonchev–Trinajstić information content (AvgIpc) is 2.78. The number of nitriles is 1. The molecule has 4 rings (SSSR count). The number of methoxy groups -OCH3 is 2. The summed E-state index contributed by atoms with van der Waals surface area (Å²) in [6.07, 6.45) is 2.17. The summed E-state index contributed by atoms with van der Waals surface area (Å²) in [7, 11) is 3.06. The van der Waals surface area contributed by atoms with E-state index in [1.54, 1.807) is 25.4 Å². The van der Waals surface area contributed by atoms with E-state index in [0.717, 1.165) is 22.4 Å². The van der Waals surface area contributed by atoms with E-state index in [0.29, 0.717) is 40.2 Å². The van der Waals surface area contributed by atoms with Gasteiger partial charge in [0.2, 0.25) is 0 Å². The van der Waals surface area contributed by atoms with E-state index in [1.165, 1.54) is 7.11 Å². The van der Waals surface area contributed by atoms with E-state index in [4.69, 9.17) is 9.47 Å². The summed E-state index contributed by atoms with van der Waals surface area (Å²) >= 11 is 0. The molecule has 2 aromatic carbocycles. The van der Waals surface area contributed by atoms with Gasteiger partial charge in [0.15, 0.2) is 11.5 Å². The van der Waals surface area contributed by atoms with Crippen molar-refractivity contribution in [3.05, 3.63) is 81.5 Å². The Morgan fingerprint density at radius 3 is 2.52 bits per heavy atom. The van der Waals surface area contributed by atoms with Crippen molar-refractivity contribution in [1.82, 2.24) is 15.0 Å². The third kappa shape index (κ3) is 4.09. The van der Waals surface area contributed by atoms with Crippen LogP contribution in [0.4, 0.5) is 0 Å². The molecule has 1 N–H and O–H groups in total. The molecule has 0 aliphatic carbocycles. The van der Waals surface area contributed by atoms with Gasteiger partial charge in [0.05, 0.1) is 42.4 Å². The molecular weight excluding hydrogens is 392 g/mol. The van der Waals surface area contributed by atoms with Gasteiger partial charge >= 0.3 is 0 Å². The van der Waals surface area contributed by atoms with Crippen LogP contribution in [0.3, 0.4) is 0 Å². The minimum Gasteiger partial charge on any atom is -0.493 e. The molecule has 2 heterocycles. The van der Waals surface area contributed by atoms with Crippen LogP contribution in [0.2, 0.25) is 0 Å². The van der Waals surface area contributed by atoms with Gasteiger partial charge in [-0.3, -0.25) is 9.78 Å². The lowest BCUT2D eigenvalue weighted by atomic mass is 10.0. The fourth-order valence-corrected chi connectivity index (χ4v) is 3.49. The first-order chi connectivity index (χ1) is 15.0. The highest BCUT2D eigenvalue weighted by Gasteiger charge is 2.12. The van der Waals surface area contributed by atoms with Crippen LogP contribution in [0.1, 0.15) is 22.5 Å². The molecular formula is C24H20N4O3. The minimum absolute atomic E-state index is 0.241. The van der Waals surface area contributed by atoms with Crippen molar-refractivity contribution < 1.29 is 9.47 Å². The Morgan fingerprint density at radius 2 is 1.84 bits per heavy atom. The smallest absolute Gasteiger partial charge is 0.258 e. The van der Waals surface area contributed by atoms with Gasteiger partial charge in [-0.15, -0.1) is 0 Å². The molecule has 2 aromatic heterocycles. The Balaban J connectivity index is 1.64. The summed E-state index contributed by atoms with van der Waals surface area (Å²) in [4.78, 5) is 24.5. The first-order valence-electron chi connectivity index (χ1n) is 9.62. The Kier molecular flexibility index (Phi) is 5.37. The predicted molar refractivity (Wildman–Crippen MR) is 117 cm³/mol. The quantitative estimate of drug-likeness (QED) is 0.535. The van der Waals surface area contributed by atoms with Crippen molar-refractivity contribution in [3.8, 4) is 28.8 Å². The number of hydrogen-bond acceptors (Lipinski definition) is 6. The predicted octanol–water partition coefficient (Wildman–Crippen LogP) is 3.77. The summed E-state index contributed by atoms with van der Waals surface area (Å²) in [5.74, 6) is 1.52. The molecule has 0 fully saturated rings. The SMILES string of the molecule is COc1cc2nc(Cc3ccc(-c4cc(C)cc(C#N)c4)nc3)[nH]c(=O)c2cc1OC. The lowest BCUT2D eigenvalue weighted by Crippen LogP contribution is -2.12. The van der Waals surface area contributed by atoms with Crippen LogP contribution in [-0.4, -0.2) is 29.2 Å². The van der Waals surface area contributed by atoms with Crippen LogP contribution in [0, 0.1) is 18.3 Å². The second-order valence-corrected chi connectivity index (χ2v) is 7.16. The molecule has 7 nitrogen and oxygen atoms in total. The van der Waals surface area contributed by atoms with Gasteiger partial charge in [0.25, 0.3) is 5.56 Å². The van der Waals surface area contributed by atoms with Crippen molar-refractivity contribution in [2.45, 2.75) is 13.3 Å². The van der Waals surface area contributed by atoms with E-state index < -0.39 is 0 Å². The molecule has 7 heteroatoms. The van der Waals surface area contributed by atoms with E-state index in [1.807, 2.05) is 37.3 Å². The van der Waals surface area contributed by atoms with Gasteiger partial charge < -0.3 is 14.5 Å². The van der Waals surface area contributed by atoms with Crippen LogP contribution in [0.25, 0.3) is 22.2 Å². The fourth-order valence-electron chi connectivity index (χ4n) is 3.49. The summed E-state index contributed by atoms with van der Waals surface area (Å²) in [6.45, 7) is 1.95. The second kappa shape index (κ2) is 8.28. The molecule has 0 saturated heterocycles. The van der Waals surface area contributed by atoms with Crippen molar-refractivity contribution in [3.63, 3.8) is 0 Å². The van der Waals surface area contributed by atoms with Crippen molar-refractivity contribution in [1.29, 1.82) is 5.26 Å². The number of aromatic nitrogens is 3. The zero-order valence-corrected chi connectivity index (χ0v) is 17.4. The number of rotatable bonds is 5. The molecule has 0 atom stereocenters. The first kappa shape index (κ1) is 20.1. The number of nitrogens with zero attached hydrogens (tertiary/aromatic N) is 3. The summed E-state index contributed by atoms with van der Waals surface area (Å²) in [5, 5.41) is 9.61. The topological polar surface area (TPSA) is 101 Å². The van der Waals surface area contributed by atoms with E-state index in [-0.39, 0.29) is 5.56 Å². The summed E-state index contributed by atoms with van der Waals surface area (Å²) < 4.78 is 10.6. The number of aromatic amines is 1. The maximum atomic E-state index is 12.6. The number of ether oxygens (including phenoxy) is 2. The van der Waals surface area contributed by atoms with E-state index in [9.17, 15) is 10.1 Å². The fraction of sp³-hybridized carbons (Fsp3) is 0.167. The molecule has 0 unspecified atom stereocenters. The van der Waals surface area contributed by atoms with E-state index in [2.05, 4.69) is 21.0 Å². The van der Waals surface area contributed by atoms with Crippen LogP contribution in [-0.2, 0) is 6.42 Å². The maximum Gasteiger partial charge on any atom is 0.258 e. The van der Waals surface area contributed by atoms with Crippen LogP contribution in [0.5, 0.6) is 11.5 Å². The molecule has 0 aliphatic heterocycles. The number of nitrogens with one attached hydrogen (secondary N) is 1. The zero-order chi connectivity index (χ0) is 22.0. The Hall–Kier alpha value is -4.18. The first-order valence-corrected chi connectivity index (χ1v) is 9.62. The van der Waals surface area contributed by atoms with Gasteiger partial charge in [0, 0.05) is 24.2 Å². The highest BCUT2D eigenvalue weighted by Crippen LogP contribution is 2.30. The number of hydrogen-bond donors (Lipinski definition) is 1. The third-order valence-corrected chi connectivity index (χ3v) is 4.96. The molecule has 0 saturated carbocycles. The summed E-state index contributed by atoms with van der Waals surface area (Å²) in [6, 6.07) is 15.0. The Bertz CT molecular complexity index is 1370. The molecule has 31 heavy (non-hydrogen) atoms. The molecule has 0 aliphatic rings. The van der Waals surface area contributed by atoms with Gasteiger partial charge in [0.1, 0.15) is 5.82 Å². The second-order valence-electron chi connectivity index (χ2n) is 7.16. The van der Waals surface area contributed by atoms with Crippen molar-refractivity contribution in [2.24, 2.45) is 0 Å². The maximum absolute atomic E-state index is 12.6. The van der Waals surface area contributed by atoms with Crippen molar-refractivity contribution >= 4 is 10.9 Å². The zero-order valence-electron chi connectivity index (χ0n) is 17.4. The lowest BCUT2D eigenvalue weighted by Gasteiger charge is -2.09. The van der Waals surface area contributed by atoms with Gasteiger partial charge in [-0.25, -0.2) is 4.98 Å². The van der Waals surface area contributed by atoms with E-state index >= 15 is 0 Å². The number of aryl methyl sites for hydroxylation is 1.